The monoisotopic (exact) mass is 389 g/mol. The molecule has 4 N–H and O–H groups in total. The Labute approximate surface area is 160 Å². The lowest BCUT2D eigenvalue weighted by Crippen LogP contribution is -2.43. The van der Waals surface area contributed by atoms with E-state index in [1.807, 2.05) is 18.2 Å². The number of anilines is 1. The number of nitrogens with zero attached hydrogens (tertiary/aromatic N) is 2. The van der Waals surface area contributed by atoms with Gasteiger partial charge in [0.25, 0.3) is 6.43 Å². The van der Waals surface area contributed by atoms with Gasteiger partial charge in [-0.1, -0.05) is 30.3 Å². The third kappa shape index (κ3) is 4.09. The van der Waals surface area contributed by atoms with Crippen LogP contribution < -0.4 is 10.6 Å². The molecule has 3 aromatic rings. The number of rotatable bonds is 5. The lowest BCUT2D eigenvalue weighted by atomic mass is 9.92. The molecule has 1 unspecified atom stereocenters. The number of hydrogen-bond acceptors (Lipinski definition) is 4. The van der Waals surface area contributed by atoms with Crippen LogP contribution in [0.5, 0.6) is 0 Å². The molecular weight excluding hydrogens is 368 g/mol. The highest BCUT2D eigenvalue weighted by atomic mass is 19.3. The topological polar surface area (TPSA) is 103 Å². The molecule has 7 nitrogen and oxygen atoms in total. The largest absolute Gasteiger partial charge is 0.388 e. The standard InChI is InChI=1S/C19H21F2N5O2/c1-10-14-12(25-26-15(14)17(20)21)9-13(22-10)23-18(27)24-16(19(2,3)28)11-7-5-4-6-8-11/h4-9,16-17,28H,1-3H3,(H,25,26)(H2,22,23,24,27). The first-order chi connectivity index (χ1) is 13.2. The molecule has 9 heteroatoms. The third-order valence-electron chi connectivity index (χ3n) is 4.32. The molecule has 0 radical (unpaired) electrons. The average molecular weight is 389 g/mol. The van der Waals surface area contributed by atoms with E-state index in [9.17, 15) is 18.7 Å². The second-order valence-corrected chi connectivity index (χ2v) is 7.02. The van der Waals surface area contributed by atoms with Crippen molar-refractivity contribution >= 4 is 22.8 Å². The van der Waals surface area contributed by atoms with E-state index in [-0.39, 0.29) is 16.9 Å². The summed E-state index contributed by atoms with van der Waals surface area (Å²) in [4.78, 5) is 16.7. The number of aliphatic hydroxyl groups is 1. The molecule has 2 amide bonds. The summed E-state index contributed by atoms with van der Waals surface area (Å²) in [6.07, 6.45) is -2.73. The average Bonchev–Trinajstić information content (AvgIpc) is 3.04. The van der Waals surface area contributed by atoms with E-state index in [0.717, 1.165) is 5.56 Å². The van der Waals surface area contributed by atoms with Gasteiger partial charge in [0.1, 0.15) is 11.5 Å². The van der Waals surface area contributed by atoms with Crippen LogP contribution in [0.25, 0.3) is 10.9 Å². The fourth-order valence-corrected chi connectivity index (χ4v) is 3.08. The third-order valence-corrected chi connectivity index (χ3v) is 4.32. The van der Waals surface area contributed by atoms with E-state index < -0.39 is 24.1 Å². The molecular formula is C19H21F2N5O2. The molecule has 0 aliphatic heterocycles. The van der Waals surface area contributed by atoms with Gasteiger partial charge in [0.2, 0.25) is 0 Å². The Balaban J connectivity index is 1.82. The molecule has 3 rings (SSSR count). The van der Waals surface area contributed by atoms with Gasteiger partial charge >= 0.3 is 6.03 Å². The minimum absolute atomic E-state index is 0.175. The van der Waals surface area contributed by atoms with Gasteiger partial charge in [-0.2, -0.15) is 5.10 Å². The molecule has 0 aliphatic carbocycles. The number of hydrogen-bond donors (Lipinski definition) is 4. The zero-order valence-corrected chi connectivity index (χ0v) is 15.6. The first kappa shape index (κ1) is 19.7. The van der Waals surface area contributed by atoms with E-state index in [1.165, 1.54) is 6.07 Å². The molecule has 0 spiro atoms. The van der Waals surface area contributed by atoms with Crippen molar-refractivity contribution in [2.45, 2.75) is 38.8 Å². The van der Waals surface area contributed by atoms with Crippen LogP contribution in [0, 0.1) is 6.92 Å². The van der Waals surface area contributed by atoms with Gasteiger partial charge in [-0.25, -0.2) is 18.6 Å². The summed E-state index contributed by atoms with van der Waals surface area (Å²) in [6.45, 7) is 4.75. The Kier molecular flexibility index (Phi) is 5.28. The smallest absolute Gasteiger partial charge is 0.320 e. The van der Waals surface area contributed by atoms with Gasteiger partial charge in [0.05, 0.1) is 28.2 Å². The number of benzene rings is 1. The first-order valence-electron chi connectivity index (χ1n) is 8.65. The minimum atomic E-state index is -2.73. The Morgan fingerprint density at radius 2 is 1.93 bits per heavy atom. The molecule has 0 saturated heterocycles. The fraction of sp³-hybridized carbons (Fsp3) is 0.316. The van der Waals surface area contributed by atoms with Crippen molar-refractivity contribution in [2.75, 3.05) is 5.32 Å². The Hall–Kier alpha value is -3.07. The molecule has 1 aromatic carbocycles. The van der Waals surface area contributed by atoms with Crippen molar-refractivity contribution in [2.24, 2.45) is 0 Å². The van der Waals surface area contributed by atoms with E-state index in [1.54, 1.807) is 32.9 Å². The quantitative estimate of drug-likeness (QED) is 0.532. The van der Waals surface area contributed by atoms with Crippen LogP contribution in [0.4, 0.5) is 19.4 Å². The predicted octanol–water partition coefficient (Wildman–Crippen LogP) is 3.84. The van der Waals surface area contributed by atoms with Gasteiger partial charge in [-0.05, 0) is 26.3 Å². The Morgan fingerprint density at radius 1 is 1.25 bits per heavy atom. The Morgan fingerprint density at radius 3 is 2.54 bits per heavy atom. The zero-order valence-electron chi connectivity index (χ0n) is 15.6. The maximum absolute atomic E-state index is 13.0. The van der Waals surface area contributed by atoms with Gasteiger partial charge < -0.3 is 10.4 Å². The molecule has 2 heterocycles. The SMILES string of the molecule is Cc1nc(NC(=O)NC(c2ccccc2)C(C)(C)O)cc2[nH]nc(C(F)F)c12. The number of aromatic amines is 1. The second kappa shape index (κ2) is 7.51. The van der Waals surface area contributed by atoms with E-state index in [2.05, 4.69) is 25.8 Å². The number of H-pyrrole nitrogens is 1. The molecule has 1 atom stereocenters. The summed E-state index contributed by atoms with van der Waals surface area (Å²) >= 11 is 0. The number of pyridine rings is 1. The first-order valence-corrected chi connectivity index (χ1v) is 8.65. The summed E-state index contributed by atoms with van der Waals surface area (Å²) in [6, 6.07) is 9.23. The van der Waals surface area contributed by atoms with Crippen LogP contribution in [-0.4, -0.2) is 31.9 Å². The summed E-state index contributed by atoms with van der Waals surface area (Å²) in [5.74, 6) is 0.175. The highest BCUT2D eigenvalue weighted by molar-refractivity contribution is 5.92. The van der Waals surface area contributed by atoms with Crippen molar-refractivity contribution < 1.29 is 18.7 Å². The molecule has 2 aromatic heterocycles. The fourth-order valence-electron chi connectivity index (χ4n) is 3.08. The van der Waals surface area contributed by atoms with Crippen LogP contribution >= 0.6 is 0 Å². The van der Waals surface area contributed by atoms with Crippen molar-refractivity contribution in [1.29, 1.82) is 0 Å². The molecule has 0 bridgehead atoms. The number of carbonyl (C=O) groups excluding carboxylic acids is 1. The zero-order chi connectivity index (χ0) is 20.5. The summed E-state index contributed by atoms with van der Waals surface area (Å²) in [5.41, 5.74) is -0.192. The number of halogens is 2. The number of carbonyl (C=O) groups is 1. The number of urea groups is 1. The van der Waals surface area contributed by atoms with Crippen molar-refractivity contribution in [1.82, 2.24) is 20.5 Å². The maximum atomic E-state index is 13.0. The lowest BCUT2D eigenvalue weighted by molar-refractivity contribution is 0.0415. The normalized spacial score (nSPS) is 13.0. The molecule has 28 heavy (non-hydrogen) atoms. The number of alkyl halides is 2. The van der Waals surface area contributed by atoms with Gasteiger partial charge in [0, 0.05) is 6.07 Å². The number of aromatic nitrogens is 3. The van der Waals surface area contributed by atoms with Crippen LogP contribution in [-0.2, 0) is 0 Å². The van der Waals surface area contributed by atoms with Gasteiger partial charge in [-0.15, -0.1) is 0 Å². The Bertz CT molecular complexity index is 983. The number of aryl methyl sites for hydroxylation is 1. The number of fused-ring (bicyclic) bond motifs is 1. The van der Waals surface area contributed by atoms with E-state index >= 15 is 0 Å². The van der Waals surface area contributed by atoms with Crippen LogP contribution in [0.15, 0.2) is 36.4 Å². The van der Waals surface area contributed by atoms with Gasteiger partial charge in [0.15, 0.2) is 0 Å². The van der Waals surface area contributed by atoms with Crippen LogP contribution in [0.2, 0.25) is 0 Å². The minimum Gasteiger partial charge on any atom is -0.388 e. The number of nitrogens with one attached hydrogen (secondary N) is 3. The molecule has 0 aliphatic rings. The highest BCUT2D eigenvalue weighted by Gasteiger charge is 2.30. The van der Waals surface area contributed by atoms with Crippen molar-refractivity contribution in [3.05, 3.63) is 53.3 Å². The van der Waals surface area contributed by atoms with Gasteiger partial charge in [-0.3, -0.25) is 10.4 Å². The lowest BCUT2D eigenvalue weighted by Gasteiger charge is -2.30. The van der Waals surface area contributed by atoms with Crippen molar-refractivity contribution in [3.8, 4) is 0 Å². The van der Waals surface area contributed by atoms with Crippen molar-refractivity contribution in [3.63, 3.8) is 0 Å². The van der Waals surface area contributed by atoms with E-state index in [4.69, 9.17) is 0 Å². The van der Waals surface area contributed by atoms with Crippen LogP contribution in [0.1, 0.15) is 43.3 Å². The summed E-state index contributed by atoms with van der Waals surface area (Å²) < 4.78 is 26.0. The summed E-state index contributed by atoms with van der Waals surface area (Å²) in [7, 11) is 0. The molecule has 0 saturated carbocycles. The predicted molar refractivity (Wildman–Crippen MR) is 101 cm³/mol. The number of amides is 2. The maximum Gasteiger partial charge on any atom is 0.320 e. The molecule has 148 valence electrons. The highest BCUT2D eigenvalue weighted by Crippen LogP contribution is 2.29. The second-order valence-electron chi connectivity index (χ2n) is 7.02. The molecule has 0 fully saturated rings. The van der Waals surface area contributed by atoms with E-state index in [0.29, 0.717) is 11.2 Å². The summed E-state index contributed by atoms with van der Waals surface area (Å²) in [5, 5.41) is 22.1. The van der Waals surface area contributed by atoms with Crippen LogP contribution in [0.3, 0.4) is 0 Å².